The van der Waals surface area contributed by atoms with Gasteiger partial charge in [-0.15, -0.1) is 0 Å². The summed E-state index contributed by atoms with van der Waals surface area (Å²) in [5, 5.41) is 5.33. The average molecular weight is 271 g/mol. The SMILES string of the molecule is CNc1ncc(F)c(Nc2ccc(F)c(Cl)c2)n1. The summed E-state index contributed by atoms with van der Waals surface area (Å²) in [6, 6.07) is 3.96. The number of aromatic nitrogens is 2. The average Bonchev–Trinajstić information content (AvgIpc) is 2.36. The predicted octanol–water partition coefficient (Wildman–Crippen LogP) is 3.19. The lowest BCUT2D eigenvalue weighted by molar-refractivity contribution is 0.619. The number of halogens is 3. The second-order valence-corrected chi connectivity index (χ2v) is 3.80. The molecule has 0 radical (unpaired) electrons. The molecular weight excluding hydrogens is 262 g/mol. The van der Waals surface area contributed by atoms with Crippen molar-refractivity contribution in [3.63, 3.8) is 0 Å². The highest BCUT2D eigenvalue weighted by Crippen LogP contribution is 2.23. The number of nitrogens with one attached hydrogen (secondary N) is 2. The fourth-order valence-electron chi connectivity index (χ4n) is 1.29. The molecule has 94 valence electrons. The number of hydrogen-bond donors (Lipinski definition) is 2. The van der Waals surface area contributed by atoms with Crippen LogP contribution in [-0.4, -0.2) is 17.0 Å². The maximum Gasteiger partial charge on any atom is 0.224 e. The molecule has 2 N–H and O–H groups in total. The van der Waals surface area contributed by atoms with Crippen LogP contribution in [0, 0.1) is 11.6 Å². The topological polar surface area (TPSA) is 49.8 Å². The van der Waals surface area contributed by atoms with Gasteiger partial charge in [0.15, 0.2) is 11.6 Å². The van der Waals surface area contributed by atoms with E-state index in [1.54, 1.807) is 7.05 Å². The van der Waals surface area contributed by atoms with Crippen LogP contribution in [-0.2, 0) is 0 Å². The Morgan fingerprint density at radius 2 is 2.00 bits per heavy atom. The van der Waals surface area contributed by atoms with E-state index < -0.39 is 11.6 Å². The van der Waals surface area contributed by atoms with E-state index in [4.69, 9.17) is 11.6 Å². The summed E-state index contributed by atoms with van der Waals surface area (Å²) in [6.45, 7) is 0. The molecule has 2 rings (SSSR count). The van der Waals surface area contributed by atoms with E-state index in [9.17, 15) is 8.78 Å². The van der Waals surface area contributed by atoms with E-state index in [0.29, 0.717) is 5.69 Å². The number of anilines is 3. The summed E-state index contributed by atoms with van der Waals surface area (Å²) in [7, 11) is 1.62. The molecule has 18 heavy (non-hydrogen) atoms. The fourth-order valence-corrected chi connectivity index (χ4v) is 1.47. The molecule has 1 heterocycles. The fraction of sp³-hybridized carbons (Fsp3) is 0.0909. The summed E-state index contributed by atoms with van der Waals surface area (Å²) in [5.74, 6) is -0.903. The molecule has 0 atom stereocenters. The predicted molar refractivity (Wildman–Crippen MR) is 66.2 cm³/mol. The van der Waals surface area contributed by atoms with Crippen LogP contribution in [0.25, 0.3) is 0 Å². The van der Waals surface area contributed by atoms with Gasteiger partial charge in [-0.3, -0.25) is 0 Å². The molecule has 2 aromatic rings. The first-order valence-corrected chi connectivity index (χ1v) is 5.40. The zero-order valence-electron chi connectivity index (χ0n) is 9.34. The Hall–Kier alpha value is -1.95. The Kier molecular flexibility index (Phi) is 3.57. The lowest BCUT2D eigenvalue weighted by Crippen LogP contribution is -2.03. The van der Waals surface area contributed by atoms with Crippen molar-refractivity contribution in [3.05, 3.63) is 41.1 Å². The van der Waals surface area contributed by atoms with Crippen molar-refractivity contribution in [3.8, 4) is 0 Å². The van der Waals surface area contributed by atoms with Crippen molar-refractivity contribution in [2.75, 3.05) is 17.7 Å². The standard InChI is InChI=1S/C11H9ClF2N4/c1-15-11-16-5-9(14)10(18-11)17-6-2-3-8(13)7(12)4-6/h2-5H,1H3,(H2,15,16,17,18). The van der Waals surface area contributed by atoms with Gasteiger partial charge in [-0.25, -0.2) is 13.8 Å². The minimum Gasteiger partial charge on any atom is -0.357 e. The molecule has 0 aliphatic heterocycles. The summed E-state index contributed by atoms with van der Waals surface area (Å²) >= 11 is 5.62. The highest BCUT2D eigenvalue weighted by atomic mass is 35.5. The maximum atomic E-state index is 13.4. The third-order valence-corrected chi connectivity index (χ3v) is 2.44. The molecule has 4 nitrogen and oxygen atoms in total. The van der Waals surface area contributed by atoms with Crippen molar-refractivity contribution in [2.45, 2.75) is 0 Å². The lowest BCUT2D eigenvalue weighted by atomic mass is 10.3. The molecular formula is C11H9ClF2N4. The van der Waals surface area contributed by atoms with Gasteiger partial charge in [0, 0.05) is 12.7 Å². The van der Waals surface area contributed by atoms with Gasteiger partial charge in [-0.05, 0) is 18.2 Å². The quantitative estimate of drug-likeness (QED) is 0.899. The van der Waals surface area contributed by atoms with Crippen LogP contribution in [0.2, 0.25) is 5.02 Å². The molecule has 0 aliphatic carbocycles. The molecule has 0 fully saturated rings. The Labute approximate surface area is 107 Å². The van der Waals surface area contributed by atoms with Crippen molar-refractivity contribution in [2.24, 2.45) is 0 Å². The van der Waals surface area contributed by atoms with Gasteiger partial charge in [0.2, 0.25) is 5.95 Å². The van der Waals surface area contributed by atoms with Crippen LogP contribution in [0.4, 0.5) is 26.2 Å². The Morgan fingerprint density at radius 1 is 1.22 bits per heavy atom. The second kappa shape index (κ2) is 5.14. The zero-order valence-corrected chi connectivity index (χ0v) is 10.1. The summed E-state index contributed by atoms with van der Waals surface area (Å²) in [6.07, 6.45) is 1.03. The molecule has 7 heteroatoms. The van der Waals surface area contributed by atoms with Crippen LogP contribution in [0.1, 0.15) is 0 Å². The first-order valence-electron chi connectivity index (χ1n) is 5.02. The van der Waals surface area contributed by atoms with Crippen molar-refractivity contribution in [1.82, 2.24) is 9.97 Å². The summed E-state index contributed by atoms with van der Waals surface area (Å²) in [5.41, 5.74) is 0.432. The summed E-state index contributed by atoms with van der Waals surface area (Å²) < 4.78 is 26.4. The van der Waals surface area contributed by atoms with Gasteiger partial charge in [0.1, 0.15) is 5.82 Å². The molecule has 0 amide bonds. The number of benzene rings is 1. The van der Waals surface area contributed by atoms with E-state index in [0.717, 1.165) is 6.20 Å². The molecule has 1 aromatic heterocycles. The Balaban J connectivity index is 2.30. The van der Waals surface area contributed by atoms with Crippen molar-refractivity contribution >= 4 is 29.1 Å². The monoisotopic (exact) mass is 270 g/mol. The second-order valence-electron chi connectivity index (χ2n) is 3.39. The minimum absolute atomic E-state index is 0.0166. The minimum atomic E-state index is -0.616. The smallest absolute Gasteiger partial charge is 0.224 e. The highest BCUT2D eigenvalue weighted by Gasteiger charge is 2.08. The molecule has 1 aromatic carbocycles. The van der Waals surface area contributed by atoms with Crippen LogP contribution in [0.3, 0.4) is 0 Å². The maximum absolute atomic E-state index is 13.4. The van der Waals surface area contributed by atoms with Crippen molar-refractivity contribution in [1.29, 1.82) is 0 Å². The normalized spacial score (nSPS) is 10.2. The number of hydrogen-bond acceptors (Lipinski definition) is 4. The number of rotatable bonds is 3. The van der Waals surface area contributed by atoms with Crippen molar-refractivity contribution < 1.29 is 8.78 Å². The molecule has 0 saturated heterocycles. The zero-order chi connectivity index (χ0) is 13.1. The van der Waals surface area contributed by atoms with Crippen LogP contribution in [0.15, 0.2) is 24.4 Å². The van der Waals surface area contributed by atoms with E-state index >= 15 is 0 Å². The Morgan fingerprint density at radius 3 is 2.67 bits per heavy atom. The molecule has 0 bridgehead atoms. The van der Waals surface area contributed by atoms with E-state index in [1.165, 1.54) is 18.2 Å². The van der Waals surface area contributed by atoms with Crippen LogP contribution in [0.5, 0.6) is 0 Å². The lowest BCUT2D eigenvalue weighted by Gasteiger charge is -2.08. The van der Waals surface area contributed by atoms with Gasteiger partial charge in [0.25, 0.3) is 0 Å². The van der Waals surface area contributed by atoms with Crippen LogP contribution >= 0.6 is 11.6 Å². The van der Waals surface area contributed by atoms with Gasteiger partial charge in [-0.2, -0.15) is 4.98 Å². The molecule has 0 unspecified atom stereocenters. The third kappa shape index (κ3) is 2.65. The van der Waals surface area contributed by atoms with Gasteiger partial charge in [-0.1, -0.05) is 11.6 Å². The van der Waals surface area contributed by atoms with Gasteiger partial charge in [0.05, 0.1) is 11.2 Å². The third-order valence-electron chi connectivity index (χ3n) is 2.15. The Bertz CT molecular complexity index is 577. The molecule has 0 aliphatic rings. The van der Waals surface area contributed by atoms with Crippen LogP contribution < -0.4 is 10.6 Å². The number of nitrogens with zero attached hydrogens (tertiary/aromatic N) is 2. The highest BCUT2D eigenvalue weighted by molar-refractivity contribution is 6.31. The van der Waals surface area contributed by atoms with Gasteiger partial charge >= 0.3 is 0 Å². The first kappa shape index (κ1) is 12.5. The molecule has 0 spiro atoms. The molecule has 0 saturated carbocycles. The largest absolute Gasteiger partial charge is 0.357 e. The van der Waals surface area contributed by atoms with E-state index in [1.807, 2.05) is 0 Å². The first-order chi connectivity index (χ1) is 8.60. The van der Waals surface area contributed by atoms with E-state index in [-0.39, 0.29) is 16.8 Å². The van der Waals surface area contributed by atoms with Gasteiger partial charge < -0.3 is 10.6 Å². The van der Waals surface area contributed by atoms with E-state index in [2.05, 4.69) is 20.6 Å². The summed E-state index contributed by atoms with van der Waals surface area (Å²) in [4.78, 5) is 7.60.